The molecule has 3 heteroatoms. The molecular formula is C12H19N3. The van der Waals surface area contributed by atoms with Gasteiger partial charge in [0.05, 0.1) is 0 Å². The largest absolute Gasteiger partial charge is 0.303 e. The van der Waals surface area contributed by atoms with Crippen molar-refractivity contribution in [3.63, 3.8) is 0 Å². The van der Waals surface area contributed by atoms with E-state index >= 15 is 0 Å². The van der Waals surface area contributed by atoms with Gasteiger partial charge in [0, 0.05) is 18.8 Å². The topological polar surface area (TPSA) is 29.0 Å². The van der Waals surface area contributed by atoms with Gasteiger partial charge in [0.1, 0.15) is 5.82 Å². The molecule has 0 unspecified atom stereocenters. The number of rotatable bonds is 4. The molecule has 1 aromatic heterocycles. The van der Waals surface area contributed by atoms with E-state index in [4.69, 9.17) is 0 Å². The minimum absolute atomic E-state index is 0.981. The minimum atomic E-state index is 0.981. The first-order chi connectivity index (χ1) is 7.45. The van der Waals surface area contributed by atoms with Gasteiger partial charge in [0.2, 0.25) is 0 Å². The summed E-state index contributed by atoms with van der Waals surface area (Å²) in [5, 5.41) is 0. The normalized spacial score (nSPS) is 17.9. The monoisotopic (exact) mass is 205 g/mol. The molecule has 2 heterocycles. The van der Waals surface area contributed by atoms with E-state index in [1.807, 2.05) is 18.5 Å². The lowest BCUT2D eigenvalue weighted by atomic mass is 10.1. The Balaban J connectivity index is 1.66. The third-order valence-electron chi connectivity index (χ3n) is 2.94. The van der Waals surface area contributed by atoms with Crippen LogP contribution in [-0.2, 0) is 6.42 Å². The van der Waals surface area contributed by atoms with Crippen LogP contribution < -0.4 is 0 Å². The summed E-state index contributed by atoms with van der Waals surface area (Å²) in [4.78, 5) is 11.0. The van der Waals surface area contributed by atoms with E-state index < -0.39 is 0 Å². The molecule has 1 aliphatic heterocycles. The highest BCUT2D eigenvalue weighted by Crippen LogP contribution is 2.09. The maximum Gasteiger partial charge on any atom is 0.128 e. The van der Waals surface area contributed by atoms with Crippen LogP contribution in [0.15, 0.2) is 18.5 Å². The second-order valence-corrected chi connectivity index (χ2v) is 4.17. The van der Waals surface area contributed by atoms with Gasteiger partial charge in [-0.15, -0.1) is 0 Å². The predicted molar refractivity (Wildman–Crippen MR) is 60.6 cm³/mol. The third kappa shape index (κ3) is 3.59. The SMILES string of the molecule is c1cnc(CCCN2CCCCC2)nc1. The lowest BCUT2D eigenvalue weighted by Gasteiger charge is -2.26. The van der Waals surface area contributed by atoms with Crippen molar-refractivity contribution in [3.8, 4) is 0 Å². The molecule has 1 aromatic rings. The Labute approximate surface area is 91.5 Å². The molecule has 2 rings (SSSR count). The Morgan fingerprint density at radius 2 is 1.80 bits per heavy atom. The zero-order valence-electron chi connectivity index (χ0n) is 9.23. The molecule has 0 spiro atoms. The van der Waals surface area contributed by atoms with Crippen LogP contribution in [0.25, 0.3) is 0 Å². The summed E-state index contributed by atoms with van der Waals surface area (Å²) in [5.74, 6) is 0.981. The number of nitrogens with zero attached hydrogens (tertiary/aromatic N) is 3. The van der Waals surface area contributed by atoms with Gasteiger partial charge in [-0.05, 0) is 45.0 Å². The van der Waals surface area contributed by atoms with Crippen molar-refractivity contribution in [1.82, 2.24) is 14.9 Å². The van der Waals surface area contributed by atoms with Crippen LogP contribution in [0, 0.1) is 0 Å². The molecule has 0 atom stereocenters. The number of piperidine rings is 1. The summed E-state index contributed by atoms with van der Waals surface area (Å²) in [6, 6.07) is 1.87. The van der Waals surface area contributed by atoms with Crippen LogP contribution in [0.5, 0.6) is 0 Å². The molecule has 0 saturated carbocycles. The Morgan fingerprint density at radius 3 is 2.53 bits per heavy atom. The molecule has 0 aromatic carbocycles. The molecule has 0 bridgehead atoms. The number of hydrogen-bond donors (Lipinski definition) is 0. The molecule has 1 saturated heterocycles. The molecule has 0 amide bonds. The van der Waals surface area contributed by atoms with E-state index in [1.54, 1.807) is 0 Å². The second-order valence-electron chi connectivity index (χ2n) is 4.17. The van der Waals surface area contributed by atoms with Crippen molar-refractivity contribution in [2.45, 2.75) is 32.1 Å². The van der Waals surface area contributed by atoms with Gasteiger partial charge in [-0.25, -0.2) is 9.97 Å². The van der Waals surface area contributed by atoms with Gasteiger partial charge in [0.25, 0.3) is 0 Å². The van der Waals surface area contributed by atoms with E-state index in [0.717, 1.165) is 12.2 Å². The Bertz CT molecular complexity index is 267. The fourth-order valence-electron chi connectivity index (χ4n) is 2.10. The number of aryl methyl sites for hydroxylation is 1. The Hall–Kier alpha value is -0.960. The first-order valence-electron chi connectivity index (χ1n) is 5.93. The fraction of sp³-hybridized carbons (Fsp3) is 0.667. The van der Waals surface area contributed by atoms with Crippen molar-refractivity contribution in [1.29, 1.82) is 0 Å². The van der Waals surface area contributed by atoms with Crippen molar-refractivity contribution >= 4 is 0 Å². The quantitative estimate of drug-likeness (QED) is 0.751. The van der Waals surface area contributed by atoms with Gasteiger partial charge in [-0.1, -0.05) is 6.42 Å². The molecule has 0 radical (unpaired) electrons. The van der Waals surface area contributed by atoms with Gasteiger partial charge in [-0.3, -0.25) is 0 Å². The van der Waals surface area contributed by atoms with Crippen molar-refractivity contribution < 1.29 is 0 Å². The summed E-state index contributed by atoms with van der Waals surface area (Å²) < 4.78 is 0. The maximum atomic E-state index is 4.23. The molecule has 1 aliphatic rings. The molecule has 15 heavy (non-hydrogen) atoms. The van der Waals surface area contributed by atoms with Crippen molar-refractivity contribution in [2.75, 3.05) is 19.6 Å². The number of hydrogen-bond acceptors (Lipinski definition) is 3. The summed E-state index contributed by atoms with van der Waals surface area (Å²) in [7, 11) is 0. The highest BCUT2D eigenvalue weighted by molar-refractivity contribution is 4.88. The summed E-state index contributed by atoms with van der Waals surface area (Å²) in [5.41, 5.74) is 0. The van der Waals surface area contributed by atoms with Crippen LogP contribution in [0.3, 0.4) is 0 Å². The summed E-state index contributed by atoms with van der Waals surface area (Å²) >= 11 is 0. The predicted octanol–water partition coefficient (Wildman–Crippen LogP) is 1.90. The fourth-order valence-corrected chi connectivity index (χ4v) is 2.10. The van der Waals surface area contributed by atoms with Crippen LogP contribution in [0.4, 0.5) is 0 Å². The smallest absolute Gasteiger partial charge is 0.128 e. The first-order valence-corrected chi connectivity index (χ1v) is 5.93. The Kier molecular flexibility index (Phi) is 4.09. The number of aromatic nitrogens is 2. The van der Waals surface area contributed by atoms with E-state index in [9.17, 15) is 0 Å². The highest BCUT2D eigenvalue weighted by atomic mass is 15.1. The molecule has 0 N–H and O–H groups in total. The van der Waals surface area contributed by atoms with Gasteiger partial charge in [0.15, 0.2) is 0 Å². The second kappa shape index (κ2) is 5.81. The average molecular weight is 205 g/mol. The molecule has 1 fully saturated rings. The summed E-state index contributed by atoms with van der Waals surface area (Å²) in [6.07, 6.45) is 10.0. The van der Waals surface area contributed by atoms with Gasteiger partial charge in [-0.2, -0.15) is 0 Å². The molecule has 3 nitrogen and oxygen atoms in total. The lowest BCUT2D eigenvalue weighted by molar-refractivity contribution is 0.226. The third-order valence-corrected chi connectivity index (χ3v) is 2.94. The molecular weight excluding hydrogens is 186 g/mol. The Morgan fingerprint density at radius 1 is 1.07 bits per heavy atom. The first kappa shape index (κ1) is 10.6. The van der Waals surface area contributed by atoms with E-state index in [0.29, 0.717) is 0 Å². The van der Waals surface area contributed by atoms with Crippen molar-refractivity contribution in [3.05, 3.63) is 24.3 Å². The average Bonchev–Trinajstić information content (AvgIpc) is 2.32. The maximum absolute atomic E-state index is 4.23. The van der Waals surface area contributed by atoms with Crippen LogP contribution >= 0.6 is 0 Å². The standard InChI is InChI=1S/C12H19N3/c1-2-9-15(10-3-1)11-4-6-12-13-7-5-8-14-12/h5,7-8H,1-4,6,9-11H2. The minimum Gasteiger partial charge on any atom is -0.303 e. The van der Waals surface area contributed by atoms with Crippen LogP contribution in [0.1, 0.15) is 31.5 Å². The lowest BCUT2D eigenvalue weighted by Crippen LogP contribution is -2.30. The zero-order chi connectivity index (χ0) is 10.3. The van der Waals surface area contributed by atoms with E-state index in [1.165, 1.54) is 45.3 Å². The van der Waals surface area contributed by atoms with Gasteiger partial charge >= 0.3 is 0 Å². The van der Waals surface area contributed by atoms with E-state index in [2.05, 4.69) is 14.9 Å². The highest BCUT2D eigenvalue weighted by Gasteiger charge is 2.09. The molecule has 82 valence electrons. The summed E-state index contributed by atoms with van der Waals surface area (Å²) in [6.45, 7) is 3.78. The van der Waals surface area contributed by atoms with Gasteiger partial charge < -0.3 is 4.90 Å². The number of likely N-dealkylation sites (tertiary alicyclic amines) is 1. The van der Waals surface area contributed by atoms with Crippen LogP contribution in [-0.4, -0.2) is 34.5 Å². The van der Waals surface area contributed by atoms with Crippen molar-refractivity contribution in [2.24, 2.45) is 0 Å². The van der Waals surface area contributed by atoms with Crippen LogP contribution in [0.2, 0.25) is 0 Å². The molecule has 0 aliphatic carbocycles. The van der Waals surface area contributed by atoms with E-state index in [-0.39, 0.29) is 0 Å². The zero-order valence-corrected chi connectivity index (χ0v) is 9.23.